The van der Waals surface area contributed by atoms with Crippen LogP contribution in [0.25, 0.3) is 0 Å². The molecule has 0 N–H and O–H groups in total. The van der Waals surface area contributed by atoms with Crippen LogP contribution < -0.4 is 0 Å². The van der Waals surface area contributed by atoms with Gasteiger partial charge in [-0.2, -0.15) is 0 Å². The van der Waals surface area contributed by atoms with Gasteiger partial charge in [0.1, 0.15) is 0 Å². The monoisotopic (exact) mass is 556 g/mol. The third-order valence-corrected chi connectivity index (χ3v) is 12.0. The van der Waals surface area contributed by atoms with E-state index in [-0.39, 0.29) is 17.8 Å². The number of rotatable bonds is 7. The maximum atomic E-state index is 13.2. The van der Waals surface area contributed by atoms with E-state index in [2.05, 4.69) is 13.8 Å². The SMILES string of the molecule is CC(C)c1cc(C(C)C)c(I(OS(=O)(=O)C(F)(F)F)c2ccccc2)c(C(C)C)c1. The first-order valence-corrected chi connectivity index (χ1v) is 14.1. The topological polar surface area (TPSA) is 43.4 Å². The van der Waals surface area contributed by atoms with Crippen molar-refractivity contribution in [2.75, 3.05) is 0 Å². The molecule has 0 fully saturated rings. The van der Waals surface area contributed by atoms with Crippen LogP contribution in [0.3, 0.4) is 0 Å². The van der Waals surface area contributed by atoms with Crippen LogP contribution in [0.2, 0.25) is 0 Å². The van der Waals surface area contributed by atoms with Crippen LogP contribution in [-0.4, -0.2) is 13.9 Å². The van der Waals surface area contributed by atoms with Gasteiger partial charge in [-0.05, 0) is 0 Å². The van der Waals surface area contributed by atoms with Gasteiger partial charge in [-0.25, -0.2) is 0 Å². The molecule has 2 aromatic rings. The Bertz CT molecular complexity index is 940. The summed E-state index contributed by atoms with van der Waals surface area (Å²) in [6.45, 7) is 12.0. The third kappa shape index (κ3) is 5.56. The standard InChI is InChI=1S/C22H28F3IO3S/c1-14(2)17-12-19(15(3)4)21(20(13-17)16(5)6)26(18-10-8-7-9-11-18)29-30(27,28)22(23,24)25/h7-16H,1-6H3. The predicted octanol–water partition coefficient (Wildman–Crippen LogP) is 7.38. The Kier molecular flexibility index (Phi) is 8.01. The number of hydrogen-bond acceptors (Lipinski definition) is 3. The molecule has 2 rings (SSSR count). The minimum absolute atomic E-state index is 0.00287. The molecular weight excluding hydrogens is 528 g/mol. The quantitative estimate of drug-likeness (QED) is 0.264. The first-order valence-electron chi connectivity index (χ1n) is 9.70. The summed E-state index contributed by atoms with van der Waals surface area (Å²) in [6.07, 6.45) is 0. The minimum atomic E-state index is -5.73. The van der Waals surface area contributed by atoms with Gasteiger partial charge < -0.3 is 0 Å². The normalized spacial score (nSPS) is 13.4. The molecule has 30 heavy (non-hydrogen) atoms. The van der Waals surface area contributed by atoms with Gasteiger partial charge >= 0.3 is 186 Å². The van der Waals surface area contributed by atoms with Crippen LogP contribution in [0.5, 0.6) is 0 Å². The summed E-state index contributed by atoms with van der Waals surface area (Å²) in [6, 6.07) is 12.4. The molecule has 3 nitrogen and oxygen atoms in total. The fraction of sp³-hybridized carbons (Fsp3) is 0.455. The summed E-state index contributed by atoms with van der Waals surface area (Å²) < 4.78 is 70.0. The van der Waals surface area contributed by atoms with Gasteiger partial charge in [-0.1, -0.05) is 0 Å². The zero-order valence-corrected chi connectivity index (χ0v) is 20.9. The molecule has 8 heteroatoms. The number of alkyl halides is 3. The molecule has 0 saturated heterocycles. The Morgan fingerprint density at radius 1 is 0.833 bits per heavy atom. The summed E-state index contributed by atoms with van der Waals surface area (Å²) in [5.74, 6) is 0.224. The van der Waals surface area contributed by atoms with Gasteiger partial charge in [-0.3, -0.25) is 0 Å². The molecule has 0 atom stereocenters. The van der Waals surface area contributed by atoms with E-state index in [0.29, 0.717) is 7.14 Å². The van der Waals surface area contributed by atoms with Crippen LogP contribution in [0.1, 0.15) is 76.0 Å². The average molecular weight is 556 g/mol. The van der Waals surface area contributed by atoms with Crippen molar-refractivity contribution in [1.29, 1.82) is 0 Å². The van der Waals surface area contributed by atoms with Gasteiger partial charge in [-0.15, -0.1) is 0 Å². The molecule has 0 bridgehead atoms. The van der Waals surface area contributed by atoms with Gasteiger partial charge in [0.25, 0.3) is 0 Å². The molecule has 0 aromatic heterocycles. The Morgan fingerprint density at radius 2 is 1.30 bits per heavy atom. The molecule has 0 aliphatic heterocycles. The van der Waals surface area contributed by atoms with Gasteiger partial charge in [0.05, 0.1) is 0 Å². The first kappa shape index (κ1) is 25.1. The molecule has 2 aromatic carbocycles. The fourth-order valence-electron chi connectivity index (χ4n) is 2.89. The van der Waals surface area contributed by atoms with E-state index in [1.54, 1.807) is 30.3 Å². The second-order valence-electron chi connectivity index (χ2n) is 7.98. The summed E-state index contributed by atoms with van der Waals surface area (Å²) in [5.41, 5.74) is -2.67. The second-order valence-corrected chi connectivity index (χ2v) is 14.3. The van der Waals surface area contributed by atoms with E-state index < -0.39 is 35.9 Å². The van der Waals surface area contributed by atoms with Crippen molar-refractivity contribution in [3.8, 4) is 0 Å². The van der Waals surface area contributed by atoms with Crippen molar-refractivity contribution in [2.24, 2.45) is 0 Å². The summed E-state index contributed by atoms with van der Waals surface area (Å²) >= 11 is -3.46. The number of halogens is 4. The molecule has 0 saturated carbocycles. The van der Waals surface area contributed by atoms with E-state index in [1.807, 2.05) is 39.8 Å². The van der Waals surface area contributed by atoms with Crippen molar-refractivity contribution < 1.29 is 24.1 Å². The Balaban J connectivity index is 2.86. The zero-order valence-electron chi connectivity index (χ0n) is 17.9. The van der Waals surface area contributed by atoms with Crippen LogP contribution in [0, 0.1) is 7.14 Å². The summed E-state index contributed by atoms with van der Waals surface area (Å²) in [5, 5.41) is 0. The number of hydrogen-bond donors (Lipinski definition) is 0. The van der Waals surface area contributed by atoms with Crippen LogP contribution in [0.15, 0.2) is 42.5 Å². The van der Waals surface area contributed by atoms with Crippen LogP contribution in [-0.2, 0) is 12.6 Å². The van der Waals surface area contributed by atoms with E-state index >= 15 is 0 Å². The molecule has 168 valence electrons. The zero-order chi connectivity index (χ0) is 22.9. The Morgan fingerprint density at radius 3 is 1.67 bits per heavy atom. The summed E-state index contributed by atoms with van der Waals surface area (Å²) in [4.78, 5) is 0. The average Bonchev–Trinajstić information content (AvgIpc) is 2.64. The number of benzene rings is 2. The van der Waals surface area contributed by atoms with E-state index in [4.69, 9.17) is 2.51 Å². The molecule has 0 spiro atoms. The molecule has 0 radical (unpaired) electrons. The van der Waals surface area contributed by atoms with E-state index in [0.717, 1.165) is 16.7 Å². The molecule has 0 unspecified atom stereocenters. The molecule has 0 amide bonds. The summed E-state index contributed by atoms with van der Waals surface area (Å²) in [7, 11) is -5.73. The van der Waals surface area contributed by atoms with Gasteiger partial charge in [0.2, 0.25) is 0 Å². The maximum absolute atomic E-state index is 13.2. The van der Waals surface area contributed by atoms with Crippen molar-refractivity contribution in [2.45, 2.75) is 64.8 Å². The van der Waals surface area contributed by atoms with Gasteiger partial charge in [0.15, 0.2) is 0 Å². The van der Waals surface area contributed by atoms with Crippen molar-refractivity contribution in [1.82, 2.24) is 0 Å². The third-order valence-electron chi connectivity index (χ3n) is 4.59. The Labute approximate surface area is 185 Å². The van der Waals surface area contributed by atoms with E-state index in [9.17, 15) is 21.6 Å². The first-order chi connectivity index (χ1) is 13.8. The molecule has 0 heterocycles. The van der Waals surface area contributed by atoms with Crippen LogP contribution >= 0.6 is 20.2 Å². The second kappa shape index (κ2) is 9.56. The van der Waals surface area contributed by atoms with Gasteiger partial charge in [0, 0.05) is 0 Å². The van der Waals surface area contributed by atoms with E-state index in [1.165, 1.54) is 0 Å². The van der Waals surface area contributed by atoms with Crippen LogP contribution in [0.4, 0.5) is 13.2 Å². The molecular formula is C22H28F3IO3S. The fourth-order valence-corrected chi connectivity index (χ4v) is 10.8. The Hall–Kier alpha value is -1.13. The molecule has 0 aliphatic carbocycles. The predicted molar refractivity (Wildman–Crippen MR) is 123 cm³/mol. The van der Waals surface area contributed by atoms with Crippen molar-refractivity contribution >= 4 is 30.4 Å². The van der Waals surface area contributed by atoms with Crippen molar-refractivity contribution in [3.05, 3.63) is 66.3 Å². The van der Waals surface area contributed by atoms with Crippen molar-refractivity contribution in [3.63, 3.8) is 0 Å². The molecule has 0 aliphatic rings.